The molecule has 1 saturated heterocycles. The van der Waals surface area contributed by atoms with Crippen molar-refractivity contribution >= 4 is 12.0 Å². The Labute approximate surface area is 148 Å². The Morgan fingerprint density at radius 2 is 1.96 bits per heavy atom. The highest BCUT2D eigenvalue weighted by Crippen LogP contribution is 2.16. The van der Waals surface area contributed by atoms with E-state index in [0.29, 0.717) is 0 Å². The van der Waals surface area contributed by atoms with Crippen molar-refractivity contribution in [3.8, 4) is 0 Å². The van der Waals surface area contributed by atoms with Crippen molar-refractivity contribution in [2.75, 3.05) is 26.2 Å². The molecule has 2 aromatic rings. The first-order chi connectivity index (χ1) is 12.0. The van der Waals surface area contributed by atoms with Crippen molar-refractivity contribution in [1.82, 2.24) is 15.0 Å². The van der Waals surface area contributed by atoms with E-state index in [0.717, 1.165) is 49.7 Å². The van der Waals surface area contributed by atoms with Gasteiger partial charge in [0.15, 0.2) is 0 Å². The number of benzene rings is 1. The molecule has 0 saturated carbocycles. The first-order valence-electron chi connectivity index (χ1n) is 8.70. The first-order valence-corrected chi connectivity index (χ1v) is 8.70. The van der Waals surface area contributed by atoms with Crippen molar-refractivity contribution in [2.45, 2.75) is 27.3 Å². The number of carbonyl (C=O) groups excluding carboxylic acids is 1. The number of nitrogens with zero attached hydrogens (tertiary/aromatic N) is 3. The van der Waals surface area contributed by atoms with Crippen molar-refractivity contribution in [1.29, 1.82) is 0 Å². The van der Waals surface area contributed by atoms with E-state index >= 15 is 0 Å². The van der Waals surface area contributed by atoms with Crippen molar-refractivity contribution in [3.05, 3.63) is 58.5 Å². The van der Waals surface area contributed by atoms with Crippen LogP contribution in [0.25, 0.3) is 6.08 Å². The van der Waals surface area contributed by atoms with E-state index in [-0.39, 0.29) is 5.91 Å². The SMILES string of the molecule is Cc1cccc(/C=C\C(=O)N2CCN(Cc3c(C)noc3C)CC2)c1. The molecule has 0 bridgehead atoms. The third-order valence-electron chi connectivity index (χ3n) is 4.71. The van der Waals surface area contributed by atoms with Crippen LogP contribution in [-0.2, 0) is 11.3 Å². The van der Waals surface area contributed by atoms with Gasteiger partial charge in [0.2, 0.25) is 5.91 Å². The van der Waals surface area contributed by atoms with Crippen LogP contribution in [0.15, 0.2) is 34.9 Å². The molecule has 0 unspecified atom stereocenters. The first kappa shape index (κ1) is 17.4. The van der Waals surface area contributed by atoms with Crippen LogP contribution in [0.1, 0.15) is 28.1 Å². The average molecular weight is 339 g/mol. The lowest BCUT2D eigenvalue weighted by Gasteiger charge is -2.34. The van der Waals surface area contributed by atoms with E-state index < -0.39 is 0 Å². The molecule has 2 heterocycles. The molecule has 1 fully saturated rings. The minimum atomic E-state index is 0.0819. The quantitative estimate of drug-likeness (QED) is 0.804. The minimum Gasteiger partial charge on any atom is -0.361 e. The van der Waals surface area contributed by atoms with E-state index in [4.69, 9.17) is 4.52 Å². The fourth-order valence-corrected chi connectivity index (χ4v) is 3.12. The normalized spacial score (nSPS) is 15.9. The van der Waals surface area contributed by atoms with Crippen LogP contribution in [0.3, 0.4) is 0 Å². The molecule has 1 aliphatic heterocycles. The van der Waals surface area contributed by atoms with Crippen molar-refractivity contribution in [2.24, 2.45) is 0 Å². The number of amides is 1. The fourth-order valence-electron chi connectivity index (χ4n) is 3.12. The molecule has 5 nitrogen and oxygen atoms in total. The number of aromatic nitrogens is 1. The highest BCUT2D eigenvalue weighted by Gasteiger charge is 2.21. The number of hydrogen-bond donors (Lipinski definition) is 0. The van der Waals surface area contributed by atoms with Gasteiger partial charge >= 0.3 is 0 Å². The van der Waals surface area contributed by atoms with Gasteiger partial charge in [0, 0.05) is 44.4 Å². The lowest BCUT2D eigenvalue weighted by atomic mass is 10.1. The van der Waals surface area contributed by atoms with Gasteiger partial charge in [-0.1, -0.05) is 35.0 Å². The predicted octanol–water partition coefficient (Wildman–Crippen LogP) is 2.96. The molecule has 1 aliphatic rings. The molecular formula is C20H25N3O2. The standard InChI is InChI=1S/C20H25N3O2/c1-15-5-4-6-18(13-15)7-8-20(24)23-11-9-22(10-12-23)14-19-16(2)21-25-17(19)3/h4-8,13H,9-12,14H2,1-3H3/b8-7-. The van der Waals surface area contributed by atoms with E-state index in [9.17, 15) is 4.79 Å². The zero-order valence-electron chi connectivity index (χ0n) is 15.2. The van der Waals surface area contributed by atoms with Gasteiger partial charge in [-0.25, -0.2) is 0 Å². The molecule has 0 radical (unpaired) electrons. The topological polar surface area (TPSA) is 49.6 Å². The second-order valence-electron chi connectivity index (χ2n) is 6.65. The summed E-state index contributed by atoms with van der Waals surface area (Å²) in [5, 5.41) is 4.01. The summed E-state index contributed by atoms with van der Waals surface area (Å²) < 4.78 is 5.23. The molecule has 25 heavy (non-hydrogen) atoms. The summed E-state index contributed by atoms with van der Waals surface area (Å²) in [4.78, 5) is 16.6. The second-order valence-corrected chi connectivity index (χ2v) is 6.65. The smallest absolute Gasteiger partial charge is 0.246 e. The summed E-state index contributed by atoms with van der Waals surface area (Å²) in [5.41, 5.74) is 4.38. The lowest BCUT2D eigenvalue weighted by Crippen LogP contribution is -2.47. The maximum atomic E-state index is 12.4. The van der Waals surface area contributed by atoms with Gasteiger partial charge < -0.3 is 9.42 Å². The van der Waals surface area contributed by atoms with Gasteiger partial charge in [0.25, 0.3) is 0 Å². The van der Waals surface area contributed by atoms with E-state index in [1.807, 2.05) is 37.0 Å². The predicted molar refractivity (Wildman–Crippen MR) is 98.0 cm³/mol. The highest BCUT2D eigenvalue weighted by molar-refractivity contribution is 5.91. The molecule has 5 heteroatoms. The average Bonchev–Trinajstić information content (AvgIpc) is 2.92. The van der Waals surface area contributed by atoms with Gasteiger partial charge in [-0.15, -0.1) is 0 Å². The molecule has 3 rings (SSSR count). The summed E-state index contributed by atoms with van der Waals surface area (Å²) >= 11 is 0. The molecule has 132 valence electrons. The lowest BCUT2D eigenvalue weighted by molar-refractivity contribution is -0.127. The number of piperazine rings is 1. The van der Waals surface area contributed by atoms with Gasteiger partial charge in [-0.3, -0.25) is 9.69 Å². The van der Waals surface area contributed by atoms with Gasteiger partial charge in [-0.2, -0.15) is 0 Å². The van der Waals surface area contributed by atoms with E-state index in [1.165, 1.54) is 11.1 Å². The van der Waals surface area contributed by atoms with E-state index in [1.54, 1.807) is 6.08 Å². The third kappa shape index (κ3) is 4.37. The molecule has 1 amide bonds. The summed E-state index contributed by atoms with van der Waals surface area (Å²) in [7, 11) is 0. The summed E-state index contributed by atoms with van der Waals surface area (Å²) in [6.07, 6.45) is 3.57. The zero-order valence-corrected chi connectivity index (χ0v) is 15.2. The van der Waals surface area contributed by atoms with Crippen molar-refractivity contribution < 1.29 is 9.32 Å². The van der Waals surface area contributed by atoms with Gasteiger partial charge in [0.1, 0.15) is 5.76 Å². The second kappa shape index (κ2) is 7.66. The molecule has 0 aliphatic carbocycles. The summed E-state index contributed by atoms with van der Waals surface area (Å²) in [6.45, 7) is 10.1. The van der Waals surface area contributed by atoms with Crippen LogP contribution in [-0.4, -0.2) is 47.0 Å². The van der Waals surface area contributed by atoms with Crippen LogP contribution in [0.4, 0.5) is 0 Å². The molecule has 1 aromatic carbocycles. The number of aryl methyl sites for hydroxylation is 3. The molecule has 0 atom stereocenters. The Hall–Kier alpha value is -2.40. The largest absolute Gasteiger partial charge is 0.361 e. The van der Waals surface area contributed by atoms with Crippen LogP contribution < -0.4 is 0 Å². The summed E-state index contributed by atoms with van der Waals surface area (Å²) in [5.74, 6) is 0.968. The van der Waals surface area contributed by atoms with Crippen LogP contribution in [0.5, 0.6) is 0 Å². The monoisotopic (exact) mass is 339 g/mol. The van der Waals surface area contributed by atoms with Gasteiger partial charge in [-0.05, 0) is 32.4 Å². The van der Waals surface area contributed by atoms with Crippen LogP contribution >= 0.6 is 0 Å². The maximum absolute atomic E-state index is 12.4. The Morgan fingerprint density at radius 1 is 1.20 bits per heavy atom. The molecular weight excluding hydrogens is 314 g/mol. The van der Waals surface area contributed by atoms with Crippen LogP contribution in [0.2, 0.25) is 0 Å². The molecule has 1 aromatic heterocycles. The number of carbonyl (C=O) groups is 1. The Balaban J connectivity index is 1.52. The fraction of sp³-hybridized carbons (Fsp3) is 0.400. The third-order valence-corrected chi connectivity index (χ3v) is 4.71. The Morgan fingerprint density at radius 3 is 2.60 bits per heavy atom. The zero-order chi connectivity index (χ0) is 17.8. The molecule has 0 spiro atoms. The number of rotatable bonds is 4. The Bertz CT molecular complexity index is 751. The highest BCUT2D eigenvalue weighted by atomic mass is 16.5. The molecule has 0 N–H and O–H groups in total. The van der Waals surface area contributed by atoms with Crippen molar-refractivity contribution in [3.63, 3.8) is 0 Å². The number of hydrogen-bond acceptors (Lipinski definition) is 4. The summed E-state index contributed by atoms with van der Waals surface area (Å²) in [6, 6.07) is 8.15. The van der Waals surface area contributed by atoms with Crippen LogP contribution in [0, 0.1) is 20.8 Å². The van der Waals surface area contributed by atoms with Gasteiger partial charge in [0.05, 0.1) is 5.69 Å². The maximum Gasteiger partial charge on any atom is 0.246 e. The minimum absolute atomic E-state index is 0.0819. The van der Waals surface area contributed by atoms with E-state index in [2.05, 4.69) is 29.1 Å². The Kier molecular flexibility index (Phi) is 5.34.